The third kappa shape index (κ3) is 6.43. The lowest BCUT2D eigenvalue weighted by atomic mass is 9.90. The molecule has 0 radical (unpaired) electrons. The first-order chi connectivity index (χ1) is 16.1. The second-order valence-corrected chi connectivity index (χ2v) is 8.34. The van der Waals surface area contributed by atoms with Crippen LogP contribution in [0.3, 0.4) is 0 Å². The second kappa shape index (κ2) is 12.2. The lowest BCUT2D eigenvalue weighted by molar-refractivity contribution is -0.138. The fourth-order valence-electron chi connectivity index (χ4n) is 4.11. The van der Waals surface area contributed by atoms with Gasteiger partial charge >= 0.3 is 5.97 Å². The van der Waals surface area contributed by atoms with Gasteiger partial charge in [-0.15, -0.1) is 0 Å². The highest BCUT2D eigenvalue weighted by Crippen LogP contribution is 2.33. The van der Waals surface area contributed by atoms with Crippen LogP contribution in [0.1, 0.15) is 55.4 Å². The van der Waals surface area contributed by atoms with Gasteiger partial charge in [0.25, 0.3) is 0 Å². The van der Waals surface area contributed by atoms with Crippen LogP contribution < -0.4 is 0 Å². The molecule has 33 heavy (non-hydrogen) atoms. The average molecular weight is 443 g/mol. The molecule has 0 atom stereocenters. The number of hydrogen-bond donors (Lipinski definition) is 1. The van der Waals surface area contributed by atoms with E-state index in [0.29, 0.717) is 0 Å². The third-order valence-electron chi connectivity index (χ3n) is 6.02. The van der Waals surface area contributed by atoms with Crippen LogP contribution in [0.5, 0.6) is 0 Å². The zero-order valence-electron chi connectivity index (χ0n) is 19.8. The van der Waals surface area contributed by atoms with Gasteiger partial charge in [-0.3, -0.25) is 0 Å². The Hall–Kier alpha value is -3.17. The predicted octanol–water partition coefficient (Wildman–Crippen LogP) is 7.04. The molecule has 0 saturated heterocycles. The Balaban J connectivity index is 1.97. The first kappa shape index (κ1) is 24.5. The van der Waals surface area contributed by atoms with E-state index in [1.54, 1.807) is 0 Å². The topological polar surface area (TPSA) is 46.5 Å². The van der Waals surface area contributed by atoms with E-state index in [1.807, 2.05) is 18.2 Å². The van der Waals surface area contributed by atoms with Gasteiger partial charge in [0.1, 0.15) is 6.61 Å². The molecule has 3 rings (SSSR count). The van der Waals surface area contributed by atoms with Crippen molar-refractivity contribution in [3.05, 3.63) is 95.6 Å². The van der Waals surface area contributed by atoms with Gasteiger partial charge in [-0.05, 0) is 69.8 Å². The highest BCUT2D eigenvalue weighted by atomic mass is 16.5. The Morgan fingerprint density at radius 2 is 1.55 bits per heavy atom. The van der Waals surface area contributed by atoms with Crippen molar-refractivity contribution in [2.45, 2.75) is 59.2 Å². The number of carbonyl (C=O) groups excluding carboxylic acids is 1. The quantitative estimate of drug-likeness (QED) is 0.197. The zero-order chi connectivity index (χ0) is 23.6. The molecule has 0 aromatic heterocycles. The molecular weight excluding hydrogens is 408 g/mol. The monoisotopic (exact) mass is 442 g/mol. The van der Waals surface area contributed by atoms with Crippen LogP contribution >= 0.6 is 0 Å². The Morgan fingerprint density at radius 3 is 2.21 bits per heavy atom. The molecule has 0 amide bonds. The van der Waals surface area contributed by atoms with Gasteiger partial charge in [-0.2, -0.15) is 0 Å². The predicted molar refractivity (Wildman–Crippen MR) is 136 cm³/mol. The van der Waals surface area contributed by atoms with Gasteiger partial charge < -0.3 is 9.84 Å². The van der Waals surface area contributed by atoms with E-state index in [1.165, 1.54) is 30.9 Å². The van der Waals surface area contributed by atoms with Gasteiger partial charge in [-0.25, -0.2) is 4.79 Å². The summed E-state index contributed by atoms with van der Waals surface area (Å²) in [5.41, 5.74) is 8.72. The number of ether oxygens (including phenoxy) is 1. The van der Waals surface area contributed by atoms with Gasteiger partial charge in [0.15, 0.2) is 0 Å². The Morgan fingerprint density at radius 1 is 0.879 bits per heavy atom. The van der Waals surface area contributed by atoms with Crippen LogP contribution in [0.15, 0.2) is 73.3 Å². The molecule has 3 aromatic rings. The van der Waals surface area contributed by atoms with Crippen LogP contribution in [0, 0.1) is 0 Å². The second-order valence-electron chi connectivity index (χ2n) is 8.34. The first-order valence-electron chi connectivity index (χ1n) is 11.8. The number of aliphatic hydroxyl groups is 1. The van der Waals surface area contributed by atoms with E-state index < -0.39 is 5.97 Å². The minimum atomic E-state index is -0.436. The maximum absolute atomic E-state index is 11.8. The summed E-state index contributed by atoms with van der Waals surface area (Å²) in [5, 5.41) is 9.52. The number of esters is 1. The molecule has 1 N–H and O–H groups in total. The van der Waals surface area contributed by atoms with E-state index in [0.717, 1.165) is 51.8 Å². The van der Waals surface area contributed by atoms with Crippen molar-refractivity contribution in [1.82, 2.24) is 0 Å². The van der Waals surface area contributed by atoms with E-state index in [9.17, 15) is 9.90 Å². The van der Waals surface area contributed by atoms with E-state index in [2.05, 4.69) is 62.9 Å². The average Bonchev–Trinajstić information content (AvgIpc) is 2.87. The fraction of sp³-hybridized carbons (Fsp3) is 0.300. The van der Waals surface area contributed by atoms with Crippen LogP contribution in [-0.4, -0.2) is 11.1 Å². The smallest absolute Gasteiger partial charge is 0.330 e. The highest BCUT2D eigenvalue weighted by Gasteiger charge is 2.13. The van der Waals surface area contributed by atoms with Gasteiger partial charge in [-0.1, -0.05) is 87.9 Å². The molecule has 0 bridgehead atoms. The highest BCUT2D eigenvalue weighted by molar-refractivity contribution is 5.81. The number of benzene rings is 3. The normalized spacial score (nSPS) is 10.8. The number of aryl methyl sites for hydroxylation is 2. The molecule has 3 heteroatoms. The minimum absolute atomic E-state index is 0.0183. The van der Waals surface area contributed by atoms with Crippen LogP contribution in [0.25, 0.3) is 22.3 Å². The Bertz CT molecular complexity index is 1080. The van der Waals surface area contributed by atoms with Crippen molar-refractivity contribution in [2.24, 2.45) is 0 Å². The van der Waals surface area contributed by atoms with E-state index in [4.69, 9.17) is 4.74 Å². The summed E-state index contributed by atoms with van der Waals surface area (Å²) in [4.78, 5) is 11.8. The number of rotatable bonds is 11. The molecule has 0 aliphatic carbocycles. The summed E-state index contributed by atoms with van der Waals surface area (Å²) in [6.45, 7) is 8.02. The SMILES string of the molecule is C=CC(=O)OCc1cc(-c2ccc(CCCCC)cc2)ccc1-c1ccc(CO)cc1CC. The summed E-state index contributed by atoms with van der Waals surface area (Å²) in [5.74, 6) is -0.436. The van der Waals surface area contributed by atoms with Gasteiger partial charge in [0.2, 0.25) is 0 Å². The summed E-state index contributed by atoms with van der Waals surface area (Å²) in [6.07, 6.45) is 6.85. The van der Waals surface area contributed by atoms with Crippen molar-refractivity contribution < 1.29 is 14.6 Å². The number of hydrogen-bond acceptors (Lipinski definition) is 3. The van der Waals surface area contributed by atoms with Crippen molar-refractivity contribution >= 4 is 5.97 Å². The summed E-state index contributed by atoms with van der Waals surface area (Å²) in [6, 6.07) is 21.1. The molecule has 3 nitrogen and oxygen atoms in total. The van der Waals surface area contributed by atoms with Crippen LogP contribution in [-0.2, 0) is 35.6 Å². The van der Waals surface area contributed by atoms with E-state index >= 15 is 0 Å². The molecule has 0 aliphatic heterocycles. The van der Waals surface area contributed by atoms with Crippen LogP contribution in [0.4, 0.5) is 0 Å². The molecular formula is C30H34O3. The Kier molecular flexibility index (Phi) is 9.03. The number of aliphatic hydroxyl groups excluding tert-OH is 1. The number of unbranched alkanes of at least 4 members (excludes halogenated alkanes) is 2. The number of carbonyl (C=O) groups is 1. The molecule has 0 unspecified atom stereocenters. The summed E-state index contributed by atoms with van der Waals surface area (Å²) < 4.78 is 5.43. The molecule has 172 valence electrons. The van der Waals surface area contributed by atoms with Crippen LogP contribution in [0.2, 0.25) is 0 Å². The summed E-state index contributed by atoms with van der Waals surface area (Å²) in [7, 11) is 0. The minimum Gasteiger partial charge on any atom is -0.458 e. The maximum atomic E-state index is 11.8. The largest absolute Gasteiger partial charge is 0.458 e. The molecule has 0 heterocycles. The molecule has 0 spiro atoms. The maximum Gasteiger partial charge on any atom is 0.330 e. The Labute approximate surface area is 197 Å². The van der Waals surface area contributed by atoms with Crippen molar-refractivity contribution in [1.29, 1.82) is 0 Å². The standard InChI is InChI=1S/C30H34O3/c1-4-7-8-9-22-10-13-25(14-11-22)26-15-17-29(27(19-26)21-33-30(32)6-3)28-16-12-23(20-31)18-24(28)5-2/h6,10-19,31H,3-5,7-9,20-21H2,1-2H3. The van der Waals surface area contributed by atoms with Crippen molar-refractivity contribution in [3.63, 3.8) is 0 Å². The van der Waals surface area contributed by atoms with Crippen molar-refractivity contribution in [3.8, 4) is 22.3 Å². The fourth-order valence-corrected chi connectivity index (χ4v) is 4.11. The molecule has 3 aromatic carbocycles. The lowest BCUT2D eigenvalue weighted by Gasteiger charge is -2.16. The van der Waals surface area contributed by atoms with E-state index in [-0.39, 0.29) is 13.2 Å². The first-order valence-corrected chi connectivity index (χ1v) is 11.8. The van der Waals surface area contributed by atoms with Gasteiger partial charge in [0, 0.05) is 6.08 Å². The third-order valence-corrected chi connectivity index (χ3v) is 6.02. The van der Waals surface area contributed by atoms with Gasteiger partial charge in [0.05, 0.1) is 6.61 Å². The lowest BCUT2D eigenvalue weighted by Crippen LogP contribution is -2.03. The molecule has 0 fully saturated rings. The zero-order valence-corrected chi connectivity index (χ0v) is 19.8. The summed E-state index contributed by atoms with van der Waals surface area (Å²) >= 11 is 0. The van der Waals surface area contributed by atoms with Crippen molar-refractivity contribution in [2.75, 3.05) is 0 Å². The molecule has 0 saturated carbocycles. The molecule has 0 aliphatic rings.